The summed E-state index contributed by atoms with van der Waals surface area (Å²) in [5.41, 5.74) is 0. The van der Waals surface area contributed by atoms with Crippen LogP contribution in [-0.2, 0) is 22.5 Å². The van der Waals surface area contributed by atoms with Crippen LogP contribution in [0.4, 0.5) is 0 Å². The molecule has 0 amide bonds. The number of hydrogen-bond acceptors (Lipinski definition) is 4. The van der Waals surface area contributed by atoms with E-state index in [1.165, 1.54) is 6.33 Å². The Morgan fingerprint density at radius 2 is 2.22 bits per heavy atom. The third-order valence-electron chi connectivity index (χ3n) is 3.24. The summed E-state index contributed by atoms with van der Waals surface area (Å²) >= 11 is 0. The van der Waals surface area contributed by atoms with Gasteiger partial charge in [0, 0.05) is 25.7 Å². The Kier molecular flexibility index (Phi) is 4.47. The Morgan fingerprint density at radius 3 is 2.89 bits per heavy atom. The van der Waals surface area contributed by atoms with Crippen LogP contribution in [0.3, 0.4) is 0 Å². The summed E-state index contributed by atoms with van der Waals surface area (Å²) in [5.74, 6) is 1.71. The Labute approximate surface area is 108 Å². The highest BCUT2D eigenvalue weighted by molar-refractivity contribution is 5.82. The van der Waals surface area contributed by atoms with Gasteiger partial charge in [-0.05, 0) is 18.8 Å². The largest absolute Gasteiger partial charge is 0.381 e. The molecular formula is C13H21N3O2. The average molecular weight is 251 g/mol. The maximum atomic E-state index is 12.2. The molecule has 1 saturated heterocycles. The number of carbonyl (C=O) groups excluding carboxylic acids is 1. The topological polar surface area (TPSA) is 57.0 Å². The van der Waals surface area contributed by atoms with Crippen LogP contribution in [0.1, 0.15) is 32.5 Å². The quantitative estimate of drug-likeness (QED) is 0.795. The molecule has 0 aromatic carbocycles. The van der Waals surface area contributed by atoms with E-state index in [1.54, 1.807) is 0 Å². The Bertz CT molecular complexity index is 395. The fraction of sp³-hybridized carbons (Fsp3) is 0.769. The van der Waals surface area contributed by atoms with E-state index in [4.69, 9.17) is 4.74 Å². The molecule has 1 aliphatic heterocycles. The van der Waals surface area contributed by atoms with Crippen LogP contribution in [0.5, 0.6) is 0 Å². The molecule has 0 N–H and O–H groups in total. The number of ketones is 1. The van der Waals surface area contributed by atoms with Gasteiger partial charge in [-0.2, -0.15) is 5.10 Å². The SMILES string of the molecule is CC(C)Cn1ncnc1CC(=O)C1CCOCC1. The summed E-state index contributed by atoms with van der Waals surface area (Å²) in [6.45, 7) is 6.48. The molecule has 0 radical (unpaired) electrons. The van der Waals surface area contributed by atoms with Crippen molar-refractivity contribution in [3.63, 3.8) is 0 Å². The summed E-state index contributed by atoms with van der Waals surface area (Å²) in [4.78, 5) is 16.4. The molecule has 0 unspecified atom stereocenters. The van der Waals surface area contributed by atoms with Gasteiger partial charge < -0.3 is 4.74 Å². The van der Waals surface area contributed by atoms with Crippen molar-refractivity contribution in [2.45, 2.75) is 39.7 Å². The lowest BCUT2D eigenvalue weighted by atomic mass is 9.93. The number of carbonyl (C=O) groups is 1. The van der Waals surface area contributed by atoms with Gasteiger partial charge in [0.25, 0.3) is 0 Å². The molecule has 5 nitrogen and oxygen atoms in total. The van der Waals surface area contributed by atoms with Gasteiger partial charge in [-0.25, -0.2) is 9.67 Å². The number of Topliss-reactive ketones (excluding diaryl/α,β-unsaturated/α-hetero) is 1. The first-order chi connectivity index (χ1) is 8.66. The van der Waals surface area contributed by atoms with Gasteiger partial charge in [-0.1, -0.05) is 13.8 Å². The van der Waals surface area contributed by atoms with Crippen LogP contribution in [0.25, 0.3) is 0 Å². The zero-order valence-corrected chi connectivity index (χ0v) is 11.1. The van der Waals surface area contributed by atoms with Crippen molar-refractivity contribution < 1.29 is 9.53 Å². The van der Waals surface area contributed by atoms with Crippen molar-refractivity contribution in [1.29, 1.82) is 0 Å². The standard InChI is InChI=1S/C13H21N3O2/c1-10(2)8-16-13(14-9-15-16)7-12(17)11-3-5-18-6-4-11/h9-11H,3-8H2,1-2H3. The fourth-order valence-corrected chi connectivity index (χ4v) is 2.24. The van der Waals surface area contributed by atoms with Gasteiger partial charge in [0.15, 0.2) is 0 Å². The van der Waals surface area contributed by atoms with E-state index in [-0.39, 0.29) is 11.7 Å². The molecule has 1 aromatic heterocycles. The molecule has 0 aliphatic carbocycles. The lowest BCUT2D eigenvalue weighted by molar-refractivity contribution is -0.125. The zero-order chi connectivity index (χ0) is 13.0. The van der Waals surface area contributed by atoms with Crippen molar-refractivity contribution in [1.82, 2.24) is 14.8 Å². The molecule has 1 aromatic rings. The van der Waals surface area contributed by atoms with Crippen molar-refractivity contribution in [3.05, 3.63) is 12.2 Å². The van der Waals surface area contributed by atoms with Gasteiger partial charge in [-0.3, -0.25) is 4.79 Å². The summed E-state index contributed by atoms with van der Waals surface area (Å²) in [7, 11) is 0. The van der Waals surface area contributed by atoms with E-state index < -0.39 is 0 Å². The summed E-state index contributed by atoms with van der Waals surface area (Å²) in [6, 6.07) is 0. The first-order valence-electron chi connectivity index (χ1n) is 6.64. The van der Waals surface area contributed by atoms with Crippen LogP contribution in [0, 0.1) is 11.8 Å². The summed E-state index contributed by atoms with van der Waals surface area (Å²) < 4.78 is 7.13. The van der Waals surface area contributed by atoms with Crippen LogP contribution < -0.4 is 0 Å². The molecule has 100 valence electrons. The van der Waals surface area contributed by atoms with Crippen LogP contribution in [0.15, 0.2) is 6.33 Å². The number of aromatic nitrogens is 3. The minimum absolute atomic E-state index is 0.142. The molecule has 0 atom stereocenters. The average Bonchev–Trinajstić information content (AvgIpc) is 2.77. The van der Waals surface area contributed by atoms with Crippen molar-refractivity contribution in [3.8, 4) is 0 Å². The number of hydrogen-bond donors (Lipinski definition) is 0. The smallest absolute Gasteiger partial charge is 0.143 e. The van der Waals surface area contributed by atoms with Gasteiger partial charge in [0.1, 0.15) is 17.9 Å². The van der Waals surface area contributed by atoms with Gasteiger partial charge in [-0.15, -0.1) is 0 Å². The normalized spacial score (nSPS) is 17.3. The van der Waals surface area contributed by atoms with Crippen molar-refractivity contribution >= 4 is 5.78 Å². The predicted octanol–water partition coefficient (Wildman–Crippen LogP) is 1.47. The van der Waals surface area contributed by atoms with Crippen LogP contribution >= 0.6 is 0 Å². The maximum absolute atomic E-state index is 12.2. The van der Waals surface area contributed by atoms with Crippen LogP contribution in [-0.4, -0.2) is 33.8 Å². The molecule has 0 saturated carbocycles. The lowest BCUT2D eigenvalue weighted by Gasteiger charge is -2.20. The van der Waals surface area contributed by atoms with Gasteiger partial charge >= 0.3 is 0 Å². The second-order valence-electron chi connectivity index (χ2n) is 5.28. The van der Waals surface area contributed by atoms with E-state index >= 15 is 0 Å². The minimum atomic E-state index is 0.142. The van der Waals surface area contributed by atoms with Crippen LogP contribution in [0.2, 0.25) is 0 Å². The van der Waals surface area contributed by atoms with E-state index in [0.29, 0.717) is 25.6 Å². The Balaban J connectivity index is 1.95. The van der Waals surface area contributed by atoms with Gasteiger partial charge in [0.05, 0.1) is 6.42 Å². The second-order valence-corrected chi connectivity index (χ2v) is 5.28. The third kappa shape index (κ3) is 3.38. The third-order valence-corrected chi connectivity index (χ3v) is 3.24. The molecule has 18 heavy (non-hydrogen) atoms. The number of rotatable bonds is 5. The Hall–Kier alpha value is -1.23. The maximum Gasteiger partial charge on any atom is 0.143 e. The van der Waals surface area contributed by atoms with E-state index in [9.17, 15) is 4.79 Å². The summed E-state index contributed by atoms with van der Waals surface area (Å²) in [6.07, 6.45) is 3.63. The highest BCUT2D eigenvalue weighted by atomic mass is 16.5. The zero-order valence-electron chi connectivity index (χ0n) is 11.1. The first kappa shape index (κ1) is 13.2. The number of ether oxygens (including phenoxy) is 1. The molecule has 1 fully saturated rings. The second kappa shape index (κ2) is 6.09. The fourth-order valence-electron chi connectivity index (χ4n) is 2.24. The van der Waals surface area contributed by atoms with E-state index in [0.717, 1.165) is 25.2 Å². The highest BCUT2D eigenvalue weighted by Gasteiger charge is 2.23. The highest BCUT2D eigenvalue weighted by Crippen LogP contribution is 2.17. The summed E-state index contributed by atoms with van der Waals surface area (Å²) in [5, 5.41) is 4.18. The lowest BCUT2D eigenvalue weighted by Crippen LogP contribution is -2.26. The molecule has 2 heterocycles. The Morgan fingerprint density at radius 1 is 1.50 bits per heavy atom. The predicted molar refractivity (Wildman–Crippen MR) is 67.1 cm³/mol. The molecular weight excluding hydrogens is 230 g/mol. The molecule has 1 aliphatic rings. The molecule has 5 heteroatoms. The first-order valence-corrected chi connectivity index (χ1v) is 6.64. The van der Waals surface area contributed by atoms with Gasteiger partial charge in [0.2, 0.25) is 0 Å². The van der Waals surface area contributed by atoms with Crippen molar-refractivity contribution in [2.24, 2.45) is 11.8 Å². The molecule has 0 bridgehead atoms. The minimum Gasteiger partial charge on any atom is -0.381 e. The molecule has 2 rings (SSSR count). The van der Waals surface area contributed by atoms with E-state index in [1.807, 2.05) is 4.68 Å². The van der Waals surface area contributed by atoms with E-state index in [2.05, 4.69) is 23.9 Å². The monoisotopic (exact) mass is 251 g/mol. The van der Waals surface area contributed by atoms with Crippen molar-refractivity contribution in [2.75, 3.05) is 13.2 Å². The number of nitrogens with zero attached hydrogens (tertiary/aromatic N) is 3. The molecule has 0 spiro atoms.